The summed E-state index contributed by atoms with van der Waals surface area (Å²) in [7, 11) is -9.44. The van der Waals surface area contributed by atoms with E-state index in [1.165, 1.54) is 27.4 Å². The maximum Gasteiger partial charge on any atom is 0.295 e. The molecular formula is C50H52N10O6S4. The number of thiazole rings is 2. The van der Waals surface area contributed by atoms with Crippen LogP contribution in [0.2, 0.25) is 0 Å². The van der Waals surface area contributed by atoms with Gasteiger partial charge in [0, 0.05) is 11.1 Å². The molecule has 0 atom stereocenters. The Bertz CT molecular complexity index is 3630. The first kappa shape index (κ1) is 49.9. The number of azo groups is 1. The maximum absolute atomic E-state index is 13.3. The van der Waals surface area contributed by atoms with Gasteiger partial charge < -0.3 is 5.32 Å². The van der Waals surface area contributed by atoms with Gasteiger partial charge in [-0.15, -0.1) is 10.2 Å². The normalized spacial score (nSPS) is 12.4. The number of hydrogen-bond acceptors (Lipinski definition) is 15. The van der Waals surface area contributed by atoms with Gasteiger partial charge in [0.15, 0.2) is 16.8 Å². The average molecular weight is 1020 g/mol. The number of para-hydroxylation sites is 2. The second-order valence-electron chi connectivity index (χ2n) is 17.8. The van der Waals surface area contributed by atoms with Crippen molar-refractivity contribution in [3.63, 3.8) is 0 Å². The van der Waals surface area contributed by atoms with Crippen molar-refractivity contribution < 1.29 is 25.9 Å². The molecule has 3 N–H and O–H groups in total. The summed E-state index contributed by atoms with van der Waals surface area (Å²) in [6, 6.07) is 22.8. The third-order valence-electron chi connectivity index (χ3n) is 12.0. The molecule has 0 aliphatic rings. The van der Waals surface area contributed by atoms with Gasteiger partial charge in [-0.2, -0.15) is 31.9 Å². The van der Waals surface area contributed by atoms with E-state index in [0.717, 1.165) is 26.0 Å². The fourth-order valence-electron chi connectivity index (χ4n) is 8.91. The lowest BCUT2D eigenvalue weighted by Gasteiger charge is -2.29. The highest BCUT2D eigenvalue weighted by molar-refractivity contribution is 7.86. The molecule has 0 bridgehead atoms. The average Bonchev–Trinajstić information content (AvgIpc) is 4.03. The van der Waals surface area contributed by atoms with Crippen molar-refractivity contribution in [2.45, 2.75) is 110 Å². The second-order valence-corrected chi connectivity index (χ2v) is 22.5. The fraction of sp³-hybridized carbons (Fsp3) is 0.300. The number of nitrogens with one attached hydrogen (secondary N) is 1. The van der Waals surface area contributed by atoms with Crippen LogP contribution in [-0.2, 0) is 51.3 Å². The number of anilines is 5. The number of pyridine rings is 1. The summed E-state index contributed by atoms with van der Waals surface area (Å²) in [6.07, 6.45) is 1.33. The van der Waals surface area contributed by atoms with Crippen molar-refractivity contribution in [3.8, 4) is 11.2 Å². The molecule has 0 spiro atoms. The number of aryl methyl sites for hydroxylation is 5. The highest BCUT2D eigenvalue weighted by Crippen LogP contribution is 2.48. The lowest BCUT2D eigenvalue weighted by atomic mass is 9.90. The Labute approximate surface area is 415 Å². The van der Waals surface area contributed by atoms with Crippen LogP contribution < -0.4 is 10.2 Å². The van der Waals surface area contributed by atoms with Crippen LogP contribution in [0.25, 0.3) is 25.6 Å². The molecule has 0 saturated carbocycles. The van der Waals surface area contributed by atoms with Gasteiger partial charge in [0.25, 0.3) is 20.2 Å². The standard InChI is InChI=1S/C50H52N10O6S4/c1-11-30-23-28(6)43(69(61,62)63)32(13-3)41(30)55-46-40(56-57-47-34(26-51)45(50(8,9)10)58-60(47)49-53-36-20-16-18-22-38(36)68-49)27(5)25-39(54-46)59(48-52-35-19-15-17-21-37(35)67-48)42-31(12-2)24-29(7)44(33(42)14-4)70(64,65)66/h15-25H,11-14H2,1-10H3,(H,54,55)(H,61,62,63)(H,64,65,66). The number of nitriles is 1. The van der Waals surface area contributed by atoms with E-state index in [2.05, 4.69) is 11.4 Å². The molecule has 0 radical (unpaired) electrons. The van der Waals surface area contributed by atoms with E-state index in [0.29, 0.717) is 73.5 Å². The number of hydrogen-bond donors (Lipinski definition) is 3. The van der Waals surface area contributed by atoms with Gasteiger partial charge in [0.2, 0.25) is 5.13 Å². The molecule has 0 aliphatic heterocycles. The van der Waals surface area contributed by atoms with Crippen LogP contribution >= 0.6 is 22.7 Å². The number of aromatic nitrogens is 5. The Kier molecular flexibility index (Phi) is 13.6. The van der Waals surface area contributed by atoms with Gasteiger partial charge in [0.05, 0.1) is 31.8 Å². The van der Waals surface area contributed by atoms with E-state index >= 15 is 0 Å². The lowest BCUT2D eigenvalue weighted by Crippen LogP contribution is -2.19. The zero-order valence-corrected chi connectivity index (χ0v) is 43.6. The number of rotatable bonds is 14. The van der Waals surface area contributed by atoms with Crippen molar-refractivity contribution in [1.29, 1.82) is 5.26 Å². The highest BCUT2D eigenvalue weighted by atomic mass is 32.2. The molecule has 20 heteroatoms. The van der Waals surface area contributed by atoms with Crippen molar-refractivity contribution in [3.05, 3.63) is 117 Å². The first-order valence-corrected chi connectivity index (χ1v) is 27.2. The lowest BCUT2D eigenvalue weighted by molar-refractivity contribution is 0.479. The Balaban J connectivity index is 1.47. The molecule has 8 rings (SSSR count). The molecule has 362 valence electrons. The van der Waals surface area contributed by atoms with E-state index < -0.39 is 25.7 Å². The van der Waals surface area contributed by atoms with E-state index in [9.17, 15) is 31.2 Å². The summed E-state index contributed by atoms with van der Waals surface area (Å²) in [6.45, 7) is 18.4. The van der Waals surface area contributed by atoms with Crippen molar-refractivity contribution in [1.82, 2.24) is 24.7 Å². The Morgan fingerprint density at radius 2 is 1.31 bits per heavy atom. The minimum Gasteiger partial charge on any atom is -0.338 e. The molecule has 16 nitrogen and oxygen atoms in total. The van der Waals surface area contributed by atoms with Crippen LogP contribution in [0.5, 0.6) is 0 Å². The van der Waals surface area contributed by atoms with Crippen LogP contribution in [0.3, 0.4) is 0 Å². The van der Waals surface area contributed by atoms with Crippen molar-refractivity contribution in [2.24, 2.45) is 10.2 Å². The zero-order chi connectivity index (χ0) is 50.6. The fourth-order valence-corrected chi connectivity index (χ4v) is 12.9. The van der Waals surface area contributed by atoms with Crippen LogP contribution in [0.4, 0.5) is 39.6 Å². The third-order valence-corrected chi connectivity index (χ3v) is 16.2. The van der Waals surface area contributed by atoms with Crippen molar-refractivity contribution in [2.75, 3.05) is 10.2 Å². The molecule has 0 amide bonds. The highest BCUT2D eigenvalue weighted by Gasteiger charge is 2.33. The molecule has 4 heterocycles. The van der Waals surface area contributed by atoms with Gasteiger partial charge in [-0.05, 0) is 116 Å². The van der Waals surface area contributed by atoms with Crippen LogP contribution in [0.1, 0.15) is 98.7 Å². The van der Waals surface area contributed by atoms with Gasteiger partial charge in [-0.1, -0.05) is 108 Å². The molecule has 0 unspecified atom stereocenters. The van der Waals surface area contributed by atoms with Gasteiger partial charge in [-0.3, -0.25) is 14.0 Å². The number of nitrogens with zero attached hydrogens (tertiary/aromatic N) is 9. The molecule has 0 fully saturated rings. The quantitative estimate of drug-likeness (QED) is 0.0681. The summed E-state index contributed by atoms with van der Waals surface area (Å²) >= 11 is 2.75. The molecule has 4 aromatic heterocycles. The summed E-state index contributed by atoms with van der Waals surface area (Å²) in [4.78, 5) is 16.6. The van der Waals surface area contributed by atoms with E-state index in [-0.39, 0.29) is 51.3 Å². The predicted octanol–water partition coefficient (Wildman–Crippen LogP) is 13.0. The SMILES string of the molecule is CCc1cc(C)c(S(=O)(=O)O)c(CC)c1Nc1nc(N(c2nc3ccccc3s2)c2c(CC)cc(C)c(S(=O)(=O)O)c2CC)cc(C)c1N=Nc1c(C#N)c(C(C)(C)C)nn1-c1nc2ccccc2s1. The minimum atomic E-state index is -4.73. The third kappa shape index (κ3) is 9.20. The van der Waals surface area contributed by atoms with Gasteiger partial charge in [0.1, 0.15) is 32.9 Å². The van der Waals surface area contributed by atoms with E-state index in [1.54, 1.807) is 50.8 Å². The first-order chi connectivity index (χ1) is 33.1. The van der Waals surface area contributed by atoms with Crippen LogP contribution in [-0.4, -0.2) is 50.7 Å². The predicted molar refractivity (Wildman–Crippen MR) is 278 cm³/mol. The molecule has 8 aromatic rings. The monoisotopic (exact) mass is 1020 g/mol. The summed E-state index contributed by atoms with van der Waals surface area (Å²) in [5.41, 5.74) is 6.02. The van der Waals surface area contributed by atoms with Crippen molar-refractivity contribution >= 4 is 103 Å². The zero-order valence-electron chi connectivity index (χ0n) is 40.4. The molecule has 4 aromatic carbocycles. The number of benzene rings is 4. The Morgan fingerprint density at radius 3 is 1.86 bits per heavy atom. The second kappa shape index (κ2) is 19.0. The molecule has 0 aliphatic carbocycles. The number of fused-ring (bicyclic) bond motifs is 2. The van der Waals surface area contributed by atoms with Crippen LogP contribution in [0.15, 0.2) is 86.7 Å². The summed E-state index contributed by atoms with van der Waals surface area (Å²) in [5.74, 6) is 0.512. The molecular weight excluding hydrogens is 965 g/mol. The summed E-state index contributed by atoms with van der Waals surface area (Å²) in [5, 5.41) is 29.7. The van der Waals surface area contributed by atoms with Gasteiger partial charge >= 0.3 is 0 Å². The van der Waals surface area contributed by atoms with Gasteiger partial charge in [-0.25, -0.2) is 15.0 Å². The first-order valence-electron chi connectivity index (χ1n) is 22.6. The van der Waals surface area contributed by atoms with E-state index in [4.69, 9.17) is 30.3 Å². The minimum absolute atomic E-state index is 0.109. The Hall–Kier alpha value is -6.47. The molecule has 0 saturated heterocycles. The van der Waals surface area contributed by atoms with Crippen LogP contribution in [0, 0.1) is 32.1 Å². The largest absolute Gasteiger partial charge is 0.338 e. The summed E-state index contributed by atoms with van der Waals surface area (Å²) < 4.78 is 77.4. The molecule has 70 heavy (non-hydrogen) atoms. The Morgan fingerprint density at radius 1 is 0.743 bits per heavy atom. The smallest absolute Gasteiger partial charge is 0.295 e. The van der Waals surface area contributed by atoms with E-state index in [1.807, 2.05) is 90.1 Å². The topological polar surface area (TPSA) is 229 Å². The maximum atomic E-state index is 13.3.